The van der Waals surface area contributed by atoms with E-state index in [-0.39, 0.29) is 22.7 Å². The topological polar surface area (TPSA) is 168 Å². The van der Waals surface area contributed by atoms with Gasteiger partial charge in [0.25, 0.3) is 0 Å². The van der Waals surface area contributed by atoms with Crippen LogP contribution in [0, 0.1) is 22.7 Å². The summed E-state index contributed by atoms with van der Waals surface area (Å²) in [6.45, 7) is 14.7. The molecule has 2 aromatic heterocycles. The van der Waals surface area contributed by atoms with Gasteiger partial charge in [-0.25, -0.2) is 9.78 Å². The number of hydrogen-bond donors (Lipinski definition) is 2. The second kappa shape index (κ2) is 15.3. The van der Waals surface area contributed by atoms with Gasteiger partial charge in [-0.1, -0.05) is 44.5 Å². The first-order valence-electron chi connectivity index (χ1n) is 17.0. The molecule has 1 saturated heterocycles. The summed E-state index contributed by atoms with van der Waals surface area (Å²) < 4.78 is 13.6. The molecule has 2 atom stereocenters. The molecule has 0 saturated carbocycles. The summed E-state index contributed by atoms with van der Waals surface area (Å²) in [5, 5.41) is 37.9. The summed E-state index contributed by atoms with van der Waals surface area (Å²) in [5.41, 5.74) is 3.00. The first kappa shape index (κ1) is 38.1. The van der Waals surface area contributed by atoms with Crippen molar-refractivity contribution in [3.63, 3.8) is 0 Å². The average Bonchev–Trinajstić information content (AvgIpc) is 3.53. The molecule has 4 aromatic rings. The van der Waals surface area contributed by atoms with E-state index in [0.29, 0.717) is 66.0 Å². The predicted molar refractivity (Wildman–Crippen MR) is 203 cm³/mol. The Kier molecular flexibility index (Phi) is 11.2. The molecule has 1 fully saturated rings. The van der Waals surface area contributed by atoms with Crippen LogP contribution in [0.3, 0.4) is 0 Å². The van der Waals surface area contributed by atoms with E-state index in [4.69, 9.17) is 25.7 Å². The van der Waals surface area contributed by atoms with Crippen LogP contribution in [0.15, 0.2) is 42.6 Å². The van der Waals surface area contributed by atoms with E-state index in [1.165, 1.54) is 15.6 Å². The van der Waals surface area contributed by atoms with Crippen LogP contribution in [-0.2, 0) is 11.0 Å². The molecule has 0 unspecified atom stereocenters. The van der Waals surface area contributed by atoms with Crippen LogP contribution >= 0.6 is 11.6 Å². The van der Waals surface area contributed by atoms with Crippen molar-refractivity contribution in [2.45, 2.75) is 70.9 Å². The highest BCUT2D eigenvalue weighted by molar-refractivity contribution is 6.74. The number of benzene rings is 2. The lowest BCUT2D eigenvalue weighted by atomic mass is 9.99. The number of carbonyl (C=O) groups is 1. The Labute approximate surface area is 310 Å². The molecule has 2 N–H and O–H groups in total. The number of likely N-dealkylation sites (N-methyl/N-ethyl adjacent to an activating group) is 1. The van der Waals surface area contributed by atoms with Crippen molar-refractivity contribution in [2.24, 2.45) is 0 Å². The number of nitriles is 2. The quantitative estimate of drug-likeness (QED) is 0.153. The molecule has 0 bridgehead atoms. The highest BCUT2D eigenvalue weighted by atomic mass is 35.5. The number of carboxylic acid groups (broad SMARTS) is 1. The monoisotopic (exact) mass is 744 g/mol. The highest BCUT2D eigenvalue weighted by Gasteiger charge is 2.44. The number of piperidine rings is 1. The molecule has 2 aromatic carbocycles. The molecule has 3 heterocycles. The van der Waals surface area contributed by atoms with Crippen LogP contribution in [0.2, 0.25) is 23.2 Å². The second-order valence-electron chi connectivity index (χ2n) is 14.3. The van der Waals surface area contributed by atoms with E-state index in [1.807, 2.05) is 41.0 Å². The first-order valence-corrected chi connectivity index (χ1v) is 20.3. The van der Waals surface area contributed by atoms with Crippen LogP contribution in [-0.4, -0.2) is 89.9 Å². The minimum absolute atomic E-state index is 0.0975. The van der Waals surface area contributed by atoms with Gasteiger partial charge >= 0.3 is 6.09 Å². The Balaban J connectivity index is 1.52. The van der Waals surface area contributed by atoms with E-state index in [9.17, 15) is 20.4 Å². The van der Waals surface area contributed by atoms with Crippen molar-refractivity contribution < 1.29 is 19.1 Å². The summed E-state index contributed by atoms with van der Waals surface area (Å²) in [5.74, 6) is 1.40. The van der Waals surface area contributed by atoms with Gasteiger partial charge in [0.1, 0.15) is 11.8 Å². The minimum atomic E-state index is -2.31. The lowest BCUT2D eigenvalue weighted by Gasteiger charge is -2.47. The molecule has 16 heteroatoms. The van der Waals surface area contributed by atoms with Crippen molar-refractivity contribution in [3.8, 4) is 17.9 Å². The molecule has 1 aliphatic heterocycles. The maximum Gasteiger partial charge on any atom is 0.407 e. The molecule has 0 spiro atoms. The maximum absolute atomic E-state index is 12.1. The number of halogens is 1. The van der Waals surface area contributed by atoms with E-state index in [0.717, 1.165) is 11.3 Å². The van der Waals surface area contributed by atoms with Gasteiger partial charge in [0.2, 0.25) is 5.95 Å². The third kappa shape index (κ3) is 7.87. The third-order valence-electron chi connectivity index (χ3n) is 10.0. The lowest BCUT2D eigenvalue weighted by molar-refractivity contribution is 0.0561. The number of fused-ring (bicyclic) bond motifs is 1. The number of anilines is 4. The van der Waals surface area contributed by atoms with Crippen LogP contribution < -0.4 is 19.9 Å². The molecule has 1 aliphatic rings. The summed E-state index contributed by atoms with van der Waals surface area (Å²) in [4.78, 5) is 26.8. The SMILES string of the molecule is CCN(Cc1ccc(OC)cc1)c1nc(Nc2cc(C#N)cc(N3CC[C@@H](N(C)C(=O)O)[C@@H](O[Si](C)(C)C(C)(C)C)C3)c2Cl)nn2c(C#N)cnc12. The predicted octanol–water partition coefficient (Wildman–Crippen LogP) is 6.88. The van der Waals surface area contributed by atoms with Crippen molar-refractivity contribution in [3.05, 3.63) is 64.4 Å². The zero-order valence-corrected chi connectivity index (χ0v) is 32.6. The van der Waals surface area contributed by atoms with E-state index >= 15 is 0 Å². The fourth-order valence-electron chi connectivity index (χ4n) is 5.99. The number of nitrogens with one attached hydrogen (secondary N) is 1. The number of nitrogens with zero attached hydrogens (tertiary/aromatic N) is 9. The Morgan fingerprint density at radius 1 is 1.19 bits per heavy atom. The van der Waals surface area contributed by atoms with Gasteiger partial charge < -0.3 is 34.3 Å². The molecular weight excluding hydrogens is 700 g/mol. The Morgan fingerprint density at radius 3 is 2.50 bits per heavy atom. The van der Waals surface area contributed by atoms with Gasteiger partial charge in [0.05, 0.1) is 53.5 Å². The molecule has 52 heavy (non-hydrogen) atoms. The standard InChI is InChI=1S/C36H45ClN10O4Si/c1-9-45(21-23-10-12-26(50-6)13-11-23)33-32-40-20-25(19-39)47(32)43-34(42-33)41-27-16-24(18-38)17-29(31(27)37)46-15-14-28(44(5)35(48)49)30(22-46)51-52(7,8)36(2,3)4/h10-13,16-17,20,28,30H,9,14-15,21-22H2,1-8H3,(H,41,43)(H,48,49)/t28-,30+/m1/s1. The number of methoxy groups -OCH3 is 1. The molecule has 274 valence electrons. The summed E-state index contributed by atoms with van der Waals surface area (Å²) in [6.07, 6.45) is 0.504. The highest BCUT2D eigenvalue weighted by Crippen LogP contribution is 2.41. The number of hydrogen-bond acceptors (Lipinski definition) is 11. The van der Waals surface area contributed by atoms with Gasteiger partial charge in [-0.05, 0) is 61.3 Å². The van der Waals surface area contributed by atoms with Crippen molar-refractivity contribution in [2.75, 3.05) is 48.9 Å². The molecule has 0 aliphatic carbocycles. The number of aromatic nitrogens is 4. The zero-order valence-electron chi connectivity index (χ0n) is 30.8. The number of rotatable bonds is 11. The van der Waals surface area contributed by atoms with Crippen molar-refractivity contribution >= 4 is 54.8 Å². The third-order valence-corrected chi connectivity index (χ3v) is 14.9. The van der Waals surface area contributed by atoms with Gasteiger partial charge in [-0.15, -0.1) is 5.10 Å². The van der Waals surface area contributed by atoms with Gasteiger partial charge in [-0.2, -0.15) is 20.0 Å². The minimum Gasteiger partial charge on any atom is -0.497 e. The molecular formula is C36H45ClN10O4Si. The fraction of sp³-hybridized carbons (Fsp3) is 0.444. The number of imidazole rings is 1. The van der Waals surface area contributed by atoms with Crippen LogP contribution in [0.5, 0.6) is 5.75 Å². The second-order valence-corrected chi connectivity index (χ2v) is 19.5. The molecule has 14 nitrogen and oxygen atoms in total. The van der Waals surface area contributed by atoms with Crippen LogP contribution in [0.4, 0.5) is 27.9 Å². The van der Waals surface area contributed by atoms with E-state index in [2.05, 4.69) is 61.4 Å². The summed E-state index contributed by atoms with van der Waals surface area (Å²) in [6, 6.07) is 15.1. The maximum atomic E-state index is 12.1. The number of ether oxygens (including phenoxy) is 1. The van der Waals surface area contributed by atoms with Crippen LogP contribution in [0.1, 0.15) is 50.9 Å². The van der Waals surface area contributed by atoms with Crippen molar-refractivity contribution in [1.82, 2.24) is 24.5 Å². The lowest BCUT2D eigenvalue weighted by Crippen LogP contribution is -2.59. The average molecular weight is 745 g/mol. The molecule has 0 radical (unpaired) electrons. The van der Waals surface area contributed by atoms with Crippen molar-refractivity contribution in [1.29, 1.82) is 10.5 Å². The smallest absolute Gasteiger partial charge is 0.407 e. The van der Waals surface area contributed by atoms with Gasteiger partial charge in [0, 0.05) is 33.2 Å². The largest absolute Gasteiger partial charge is 0.497 e. The first-order chi connectivity index (χ1) is 24.6. The van der Waals surface area contributed by atoms with Gasteiger partial charge in [0.15, 0.2) is 25.5 Å². The zero-order chi connectivity index (χ0) is 38.0. The fourth-order valence-corrected chi connectivity index (χ4v) is 7.61. The van der Waals surface area contributed by atoms with Gasteiger partial charge in [-0.3, -0.25) is 0 Å². The Bertz CT molecular complexity index is 2020. The van der Waals surface area contributed by atoms with E-state index in [1.54, 1.807) is 26.3 Å². The Morgan fingerprint density at radius 2 is 1.90 bits per heavy atom. The van der Waals surface area contributed by atoms with Crippen LogP contribution in [0.25, 0.3) is 5.65 Å². The number of amides is 1. The summed E-state index contributed by atoms with van der Waals surface area (Å²) >= 11 is 7.14. The molecule has 1 amide bonds. The normalized spacial score (nSPS) is 16.2. The summed E-state index contributed by atoms with van der Waals surface area (Å²) in [7, 11) is 0.890. The van der Waals surface area contributed by atoms with E-state index < -0.39 is 20.5 Å². The molecule has 5 rings (SSSR count). The Hall–Kier alpha value is -5.09.